The molecule has 0 saturated carbocycles. The zero-order chi connectivity index (χ0) is 15.0. The van der Waals surface area contributed by atoms with Crippen molar-refractivity contribution < 1.29 is 9.59 Å². The summed E-state index contributed by atoms with van der Waals surface area (Å²) in [6.07, 6.45) is 1.58. The van der Waals surface area contributed by atoms with Crippen LogP contribution in [0.5, 0.6) is 0 Å². The molecular weight excluding hydrogens is 290 g/mol. The van der Waals surface area contributed by atoms with E-state index in [-0.39, 0.29) is 18.4 Å². The molecule has 0 saturated heterocycles. The molecule has 1 N–H and O–H groups in total. The van der Waals surface area contributed by atoms with E-state index < -0.39 is 0 Å². The SMILES string of the molecule is Cc1ccc(C(=O)N2CC(=O)Nc3cccnc32)cc1Cl. The molecule has 3 rings (SSSR count). The maximum atomic E-state index is 12.6. The van der Waals surface area contributed by atoms with Crippen LogP contribution in [0, 0.1) is 6.92 Å². The second kappa shape index (κ2) is 5.18. The van der Waals surface area contributed by atoms with Crippen molar-refractivity contribution in [3.05, 3.63) is 52.7 Å². The molecule has 0 spiro atoms. The topological polar surface area (TPSA) is 62.3 Å². The molecule has 0 bridgehead atoms. The lowest BCUT2D eigenvalue weighted by Crippen LogP contribution is -2.42. The number of hydrogen-bond donors (Lipinski definition) is 1. The van der Waals surface area contributed by atoms with Gasteiger partial charge < -0.3 is 5.32 Å². The van der Waals surface area contributed by atoms with Gasteiger partial charge in [-0.15, -0.1) is 0 Å². The second-order valence-electron chi connectivity index (χ2n) is 4.78. The molecule has 1 aromatic carbocycles. The van der Waals surface area contributed by atoms with Crippen LogP contribution in [0.1, 0.15) is 15.9 Å². The summed E-state index contributed by atoms with van der Waals surface area (Å²) in [5, 5.41) is 3.21. The number of carbonyl (C=O) groups excluding carboxylic acids is 2. The van der Waals surface area contributed by atoms with Crippen LogP contribution in [0.3, 0.4) is 0 Å². The quantitative estimate of drug-likeness (QED) is 0.881. The van der Waals surface area contributed by atoms with Gasteiger partial charge in [0.15, 0.2) is 5.82 Å². The molecule has 0 radical (unpaired) electrons. The molecule has 6 heteroatoms. The van der Waals surface area contributed by atoms with Gasteiger partial charge in [-0.3, -0.25) is 14.5 Å². The van der Waals surface area contributed by atoms with Crippen molar-refractivity contribution >= 4 is 34.9 Å². The molecular formula is C15H12ClN3O2. The zero-order valence-electron chi connectivity index (χ0n) is 11.3. The van der Waals surface area contributed by atoms with Gasteiger partial charge in [0, 0.05) is 16.8 Å². The van der Waals surface area contributed by atoms with Gasteiger partial charge in [-0.1, -0.05) is 17.7 Å². The van der Waals surface area contributed by atoms with E-state index in [4.69, 9.17) is 11.6 Å². The Bertz CT molecular complexity index is 745. The van der Waals surface area contributed by atoms with Gasteiger partial charge in [-0.25, -0.2) is 4.98 Å². The summed E-state index contributed by atoms with van der Waals surface area (Å²) in [6, 6.07) is 8.49. The smallest absolute Gasteiger partial charge is 0.260 e. The molecule has 2 amide bonds. The first-order valence-corrected chi connectivity index (χ1v) is 6.77. The van der Waals surface area contributed by atoms with Gasteiger partial charge in [0.05, 0.1) is 5.69 Å². The van der Waals surface area contributed by atoms with Crippen molar-refractivity contribution in [2.45, 2.75) is 6.92 Å². The van der Waals surface area contributed by atoms with E-state index in [2.05, 4.69) is 10.3 Å². The third-order valence-corrected chi connectivity index (χ3v) is 3.69. The van der Waals surface area contributed by atoms with E-state index in [1.165, 1.54) is 4.90 Å². The van der Waals surface area contributed by atoms with Crippen molar-refractivity contribution in [1.29, 1.82) is 0 Å². The van der Waals surface area contributed by atoms with Crippen molar-refractivity contribution in [3.63, 3.8) is 0 Å². The van der Waals surface area contributed by atoms with Gasteiger partial charge in [0.2, 0.25) is 5.91 Å². The third-order valence-electron chi connectivity index (χ3n) is 3.28. The number of aromatic nitrogens is 1. The van der Waals surface area contributed by atoms with E-state index in [1.54, 1.807) is 36.5 Å². The minimum atomic E-state index is -0.299. The van der Waals surface area contributed by atoms with Crippen molar-refractivity contribution in [2.24, 2.45) is 0 Å². The molecule has 0 aliphatic carbocycles. The number of benzene rings is 1. The number of amides is 2. The highest BCUT2D eigenvalue weighted by Gasteiger charge is 2.28. The number of halogens is 1. The van der Waals surface area contributed by atoms with Gasteiger partial charge in [0.25, 0.3) is 5.91 Å². The Morgan fingerprint density at radius 1 is 1.38 bits per heavy atom. The number of nitrogens with one attached hydrogen (secondary N) is 1. The van der Waals surface area contributed by atoms with Gasteiger partial charge >= 0.3 is 0 Å². The van der Waals surface area contributed by atoms with Crippen molar-refractivity contribution in [2.75, 3.05) is 16.8 Å². The summed E-state index contributed by atoms with van der Waals surface area (Å²) < 4.78 is 0. The van der Waals surface area contributed by atoms with E-state index in [9.17, 15) is 9.59 Å². The van der Waals surface area contributed by atoms with Crippen molar-refractivity contribution in [3.8, 4) is 0 Å². The summed E-state index contributed by atoms with van der Waals surface area (Å²) in [6.45, 7) is 1.80. The number of carbonyl (C=O) groups is 2. The molecule has 0 atom stereocenters. The second-order valence-corrected chi connectivity index (χ2v) is 5.19. The minimum Gasteiger partial charge on any atom is -0.321 e. The number of rotatable bonds is 1. The molecule has 2 heterocycles. The summed E-state index contributed by atoms with van der Waals surface area (Å²) in [5.41, 5.74) is 1.85. The van der Waals surface area contributed by atoms with Crippen LogP contribution in [-0.2, 0) is 4.79 Å². The molecule has 2 aromatic rings. The first-order valence-electron chi connectivity index (χ1n) is 6.39. The average molecular weight is 302 g/mol. The first kappa shape index (κ1) is 13.6. The fraction of sp³-hybridized carbons (Fsp3) is 0.133. The standard InChI is InChI=1S/C15H12ClN3O2/c1-9-4-5-10(7-11(9)16)15(21)19-8-13(20)18-12-3-2-6-17-14(12)19/h2-7H,8H2,1H3,(H,18,20). The monoisotopic (exact) mass is 301 g/mol. The third kappa shape index (κ3) is 2.48. The van der Waals surface area contributed by atoms with Crippen LogP contribution in [0.25, 0.3) is 0 Å². The highest BCUT2D eigenvalue weighted by Crippen LogP contribution is 2.28. The fourth-order valence-corrected chi connectivity index (χ4v) is 2.35. The Balaban J connectivity index is 2.01. The van der Waals surface area contributed by atoms with Crippen LogP contribution in [0.2, 0.25) is 5.02 Å². The Labute approximate surface area is 126 Å². The fourth-order valence-electron chi connectivity index (χ4n) is 2.17. The van der Waals surface area contributed by atoms with Crippen LogP contribution in [0.15, 0.2) is 36.5 Å². The lowest BCUT2D eigenvalue weighted by molar-refractivity contribution is -0.115. The number of nitrogens with zero attached hydrogens (tertiary/aromatic N) is 2. The number of fused-ring (bicyclic) bond motifs is 1. The number of aryl methyl sites for hydroxylation is 1. The molecule has 5 nitrogen and oxygen atoms in total. The molecule has 0 fully saturated rings. The van der Waals surface area contributed by atoms with Crippen LogP contribution in [0.4, 0.5) is 11.5 Å². The number of anilines is 2. The maximum Gasteiger partial charge on any atom is 0.260 e. The van der Waals surface area contributed by atoms with Crippen LogP contribution >= 0.6 is 11.6 Å². The number of hydrogen-bond acceptors (Lipinski definition) is 3. The molecule has 1 aliphatic heterocycles. The summed E-state index contributed by atoms with van der Waals surface area (Å²) in [4.78, 5) is 29.9. The zero-order valence-corrected chi connectivity index (χ0v) is 12.0. The normalized spacial score (nSPS) is 13.6. The lowest BCUT2D eigenvalue weighted by Gasteiger charge is -2.27. The van der Waals surface area contributed by atoms with Gasteiger partial charge in [-0.05, 0) is 36.8 Å². The Hall–Kier alpha value is -2.40. The summed E-state index contributed by atoms with van der Waals surface area (Å²) >= 11 is 6.06. The predicted molar refractivity (Wildman–Crippen MR) is 80.7 cm³/mol. The minimum absolute atomic E-state index is 0.0612. The molecule has 0 unspecified atom stereocenters. The maximum absolute atomic E-state index is 12.6. The molecule has 1 aromatic heterocycles. The molecule has 1 aliphatic rings. The Kier molecular flexibility index (Phi) is 3.35. The van der Waals surface area contributed by atoms with Crippen molar-refractivity contribution in [1.82, 2.24) is 4.98 Å². The molecule has 21 heavy (non-hydrogen) atoms. The van der Waals surface area contributed by atoms with Crippen LogP contribution in [-0.4, -0.2) is 23.3 Å². The van der Waals surface area contributed by atoms with E-state index in [0.29, 0.717) is 22.1 Å². The molecule has 106 valence electrons. The van der Waals surface area contributed by atoms with Gasteiger partial charge in [0.1, 0.15) is 6.54 Å². The largest absolute Gasteiger partial charge is 0.321 e. The van der Waals surface area contributed by atoms with E-state index >= 15 is 0 Å². The highest BCUT2D eigenvalue weighted by atomic mass is 35.5. The Morgan fingerprint density at radius 3 is 2.95 bits per heavy atom. The summed E-state index contributed by atoms with van der Waals surface area (Å²) in [5.74, 6) is -0.104. The Morgan fingerprint density at radius 2 is 2.19 bits per heavy atom. The lowest BCUT2D eigenvalue weighted by atomic mass is 10.1. The number of pyridine rings is 1. The van der Waals surface area contributed by atoms with E-state index in [1.807, 2.05) is 6.92 Å². The van der Waals surface area contributed by atoms with Crippen LogP contribution < -0.4 is 10.2 Å². The first-order chi connectivity index (χ1) is 10.1. The summed E-state index contributed by atoms with van der Waals surface area (Å²) in [7, 11) is 0. The predicted octanol–water partition coefficient (Wildman–Crippen LogP) is 2.64. The van der Waals surface area contributed by atoms with Gasteiger partial charge in [-0.2, -0.15) is 0 Å². The van der Waals surface area contributed by atoms with E-state index in [0.717, 1.165) is 5.56 Å². The highest BCUT2D eigenvalue weighted by molar-refractivity contribution is 6.31. The average Bonchev–Trinajstić information content (AvgIpc) is 2.48.